The zero-order valence-electron chi connectivity index (χ0n) is 26.3. The lowest BCUT2D eigenvalue weighted by Gasteiger charge is -2.30. The van der Waals surface area contributed by atoms with Crippen LogP contribution in [0.3, 0.4) is 0 Å². The molecule has 0 N–H and O–H groups in total. The molecule has 0 fully saturated rings. The molecule has 0 heterocycles. The molecule has 0 aromatic heterocycles. The standard InChI is InChI=1S/C29H44O16/c1-21(2)25(30)34-9-13-38-42-17-29(18-43-39-14-10-35-26(31)22(3)4,19-44-40-15-11-36-27(32)23(5)6)20-45-41-16-12-37-28(33)24(7)8/h1,3,5,7,9-20H2,2,4,6,8H3. The zero-order chi connectivity index (χ0) is 34.1. The van der Waals surface area contributed by atoms with Gasteiger partial charge in [0.15, 0.2) is 0 Å². The number of carbonyl (C=O) groups excluding carboxylic acids is 4. The molecule has 16 heteroatoms. The number of hydrogen-bond acceptors (Lipinski definition) is 16. The van der Waals surface area contributed by atoms with E-state index in [-0.39, 0.29) is 102 Å². The molecule has 0 rings (SSSR count). The molecule has 0 aromatic rings. The van der Waals surface area contributed by atoms with Gasteiger partial charge in [0, 0.05) is 22.3 Å². The van der Waals surface area contributed by atoms with Crippen molar-refractivity contribution in [2.24, 2.45) is 5.41 Å². The van der Waals surface area contributed by atoms with Gasteiger partial charge in [-0.3, -0.25) is 0 Å². The summed E-state index contributed by atoms with van der Waals surface area (Å²) < 4.78 is 19.7. The monoisotopic (exact) mass is 648 g/mol. The second kappa shape index (κ2) is 24.8. The van der Waals surface area contributed by atoms with E-state index in [2.05, 4.69) is 26.3 Å². The van der Waals surface area contributed by atoms with Crippen molar-refractivity contribution in [2.75, 3.05) is 79.3 Å². The van der Waals surface area contributed by atoms with Gasteiger partial charge in [0.1, 0.15) is 52.9 Å². The summed E-state index contributed by atoms with van der Waals surface area (Å²) in [7, 11) is 0. The van der Waals surface area contributed by atoms with Gasteiger partial charge in [-0.25, -0.2) is 58.3 Å². The van der Waals surface area contributed by atoms with E-state index in [4.69, 9.17) is 58.0 Å². The first-order valence-electron chi connectivity index (χ1n) is 13.6. The van der Waals surface area contributed by atoms with Gasteiger partial charge in [0.05, 0.1) is 31.8 Å². The maximum atomic E-state index is 11.5. The molecule has 0 radical (unpaired) electrons. The van der Waals surface area contributed by atoms with Crippen LogP contribution in [0.15, 0.2) is 48.6 Å². The highest BCUT2D eigenvalue weighted by molar-refractivity contribution is 5.88. The molecule has 0 aliphatic heterocycles. The highest BCUT2D eigenvalue weighted by atomic mass is 17.2. The molecule has 0 amide bonds. The van der Waals surface area contributed by atoms with Gasteiger partial charge in [-0.1, -0.05) is 26.3 Å². The molecule has 0 saturated carbocycles. The lowest BCUT2D eigenvalue weighted by Crippen LogP contribution is -2.42. The van der Waals surface area contributed by atoms with Crippen molar-refractivity contribution in [1.29, 1.82) is 0 Å². The Bertz CT molecular complexity index is 831. The third-order valence-electron chi connectivity index (χ3n) is 4.79. The van der Waals surface area contributed by atoms with Gasteiger partial charge >= 0.3 is 23.9 Å². The number of carbonyl (C=O) groups is 4. The SMILES string of the molecule is C=C(C)C(=O)OCCOOCC(COOCCOC(=O)C(=C)C)(COOCCOC(=O)C(=C)C)COOCCOC(=O)C(=C)C. The van der Waals surface area contributed by atoms with Gasteiger partial charge < -0.3 is 18.9 Å². The van der Waals surface area contributed by atoms with E-state index in [0.717, 1.165) is 0 Å². The van der Waals surface area contributed by atoms with Crippen LogP contribution in [0.1, 0.15) is 27.7 Å². The minimum absolute atomic E-state index is 0.119. The van der Waals surface area contributed by atoms with Gasteiger partial charge in [-0.05, 0) is 27.7 Å². The van der Waals surface area contributed by atoms with Crippen LogP contribution in [0.2, 0.25) is 0 Å². The Balaban J connectivity index is 5.23. The number of hydrogen-bond donors (Lipinski definition) is 0. The van der Waals surface area contributed by atoms with Crippen LogP contribution in [0.4, 0.5) is 0 Å². The number of rotatable bonds is 28. The van der Waals surface area contributed by atoms with Crippen molar-refractivity contribution in [2.45, 2.75) is 27.7 Å². The van der Waals surface area contributed by atoms with E-state index in [1.165, 1.54) is 27.7 Å². The predicted octanol–water partition coefficient (Wildman–Crippen LogP) is 2.24. The fourth-order valence-corrected chi connectivity index (χ4v) is 2.32. The quantitative estimate of drug-likeness (QED) is 0.0301. The Kier molecular flexibility index (Phi) is 22.9. The van der Waals surface area contributed by atoms with Gasteiger partial charge in [-0.15, -0.1) is 0 Å². The van der Waals surface area contributed by atoms with E-state index in [0.29, 0.717) is 0 Å². The minimum atomic E-state index is -1.24. The number of esters is 4. The maximum Gasteiger partial charge on any atom is 0.333 e. The third-order valence-corrected chi connectivity index (χ3v) is 4.79. The summed E-state index contributed by atoms with van der Waals surface area (Å²) in [6.07, 6.45) is 0. The van der Waals surface area contributed by atoms with E-state index in [1.807, 2.05) is 0 Å². The molecular formula is C29H44O16. The molecule has 0 atom stereocenters. The van der Waals surface area contributed by atoms with E-state index in [9.17, 15) is 19.2 Å². The van der Waals surface area contributed by atoms with Crippen LogP contribution >= 0.6 is 0 Å². The molecule has 0 bridgehead atoms. The molecule has 0 saturated heterocycles. The maximum absolute atomic E-state index is 11.5. The molecular weight excluding hydrogens is 604 g/mol. The van der Waals surface area contributed by atoms with Crippen molar-refractivity contribution in [3.63, 3.8) is 0 Å². The second-order valence-corrected chi connectivity index (χ2v) is 9.50. The average Bonchev–Trinajstić information content (AvgIpc) is 2.98. The predicted molar refractivity (Wildman–Crippen MR) is 153 cm³/mol. The fourth-order valence-electron chi connectivity index (χ4n) is 2.32. The van der Waals surface area contributed by atoms with Gasteiger partial charge in [0.25, 0.3) is 0 Å². The summed E-state index contributed by atoms with van der Waals surface area (Å²) in [6, 6.07) is 0. The molecule has 0 unspecified atom stereocenters. The average molecular weight is 649 g/mol. The van der Waals surface area contributed by atoms with Crippen molar-refractivity contribution < 1.29 is 77.2 Å². The minimum Gasteiger partial charge on any atom is -0.460 e. The van der Waals surface area contributed by atoms with Gasteiger partial charge in [-0.2, -0.15) is 0 Å². The normalized spacial score (nSPS) is 10.9. The summed E-state index contributed by atoms with van der Waals surface area (Å²) in [5.74, 6) is -2.37. The first-order chi connectivity index (χ1) is 21.3. The van der Waals surface area contributed by atoms with Crippen molar-refractivity contribution in [1.82, 2.24) is 0 Å². The molecule has 45 heavy (non-hydrogen) atoms. The molecule has 256 valence electrons. The third kappa shape index (κ3) is 21.8. The summed E-state index contributed by atoms with van der Waals surface area (Å²) in [5.41, 5.74) is -0.357. The first kappa shape index (κ1) is 41.5. The Hall–Kier alpha value is -3.48. The van der Waals surface area contributed by atoms with Crippen LogP contribution in [0.5, 0.6) is 0 Å². The molecule has 0 aromatic carbocycles. The highest BCUT2D eigenvalue weighted by Crippen LogP contribution is 2.21. The smallest absolute Gasteiger partial charge is 0.333 e. The van der Waals surface area contributed by atoms with Crippen LogP contribution in [-0.4, -0.2) is 103 Å². The largest absolute Gasteiger partial charge is 0.460 e. The Morgan fingerprint density at radius 2 is 0.578 bits per heavy atom. The Labute approximate surface area is 262 Å². The molecule has 0 spiro atoms. The first-order valence-corrected chi connectivity index (χ1v) is 13.6. The lowest BCUT2D eigenvalue weighted by molar-refractivity contribution is -0.392. The van der Waals surface area contributed by atoms with Crippen LogP contribution in [0.25, 0.3) is 0 Å². The second-order valence-electron chi connectivity index (χ2n) is 9.50. The molecule has 0 aliphatic rings. The van der Waals surface area contributed by atoms with Gasteiger partial charge in [0.2, 0.25) is 0 Å². The van der Waals surface area contributed by atoms with Crippen LogP contribution < -0.4 is 0 Å². The van der Waals surface area contributed by atoms with Crippen molar-refractivity contribution in [3.8, 4) is 0 Å². The lowest BCUT2D eigenvalue weighted by atomic mass is 9.93. The highest BCUT2D eigenvalue weighted by Gasteiger charge is 2.35. The summed E-state index contributed by atoms with van der Waals surface area (Å²) in [4.78, 5) is 87.7. The van der Waals surface area contributed by atoms with E-state index < -0.39 is 29.3 Å². The molecule has 16 nitrogen and oxygen atoms in total. The van der Waals surface area contributed by atoms with Crippen LogP contribution in [-0.2, 0) is 77.2 Å². The Morgan fingerprint density at radius 3 is 0.756 bits per heavy atom. The molecule has 0 aliphatic carbocycles. The Morgan fingerprint density at radius 1 is 0.378 bits per heavy atom. The van der Waals surface area contributed by atoms with E-state index >= 15 is 0 Å². The topological polar surface area (TPSA) is 179 Å². The summed E-state index contributed by atoms with van der Waals surface area (Å²) >= 11 is 0. The fraction of sp³-hybridized carbons (Fsp3) is 0.586. The number of ether oxygens (including phenoxy) is 4. The van der Waals surface area contributed by atoms with Crippen LogP contribution in [0, 0.1) is 5.41 Å². The zero-order valence-corrected chi connectivity index (χ0v) is 26.3. The van der Waals surface area contributed by atoms with E-state index in [1.54, 1.807) is 0 Å². The van der Waals surface area contributed by atoms with Crippen molar-refractivity contribution >= 4 is 23.9 Å². The summed E-state index contributed by atoms with van der Waals surface area (Å²) in [5, 5.41) is 0. The summed E-state index contributed by atoms with van der Waals surface area (Å²) in [6.45, 7) is 17.9. The van der Waals surface area contributed by atoms with Crippen molar-refractivity contribution in [3.05, 3.63) is 48.6 Å².